The standard InChI is InChI=1S/C19H29N6O2/c1-14-13-25-15-16(21(2)19(27)22(3)17(15)26)20-18(25)24(14)12-8-11-23-9-6-4-5-7-10-23/h13,15H,4-12H2,1-3H3/q+1. The largest absolute Gasteiger partial charge is 0.401 e. The number of aromatic nitrogens is 2. The number of urea groups is 1. The molecule has 1 aromatic heterocycles. The quantitative estimate of drug-likeness (QED) is 0.751. The average molecular weight is 373 g/mol. The molecule has 8 heteroatoms. The Balaban J connectivity index is 1.51. The number of hydrogen-bond acceptors (Lipinski definition) is 4. The van der Waals surface area contributed by atoms with Crippen molar-refractivity contribution in [1.29, 1.82) is 0 Å². The lowest BCUT2D eigenvalue weighted by Gasteiger charge is -2.30. The van der Waals surface area contributed by atoms with Crippen molar-refractivity contribution in [3.63, 3.8) is 0 Å². The summed E-state index contributed by atoms with van der Waals surface area (Å²) in [4.78, 5) is 34.8. The first-order chi connectivity index (χ1) is 13.0. The van der Waals surface area contributed by atoms with Gasteiger partial charge in [0.15, 0.2) is 0 Å². The molecule has 8 nitrogen and oxygen atoms in total. The van der Waals surface area contributed by atoms with E-state index < -0.39 is 6.04 Å². The number of carbonyl (C=O) groups is 2. The first kappa shape index (κ1) is 18.2. The fourth-order valence-electron chi connectivity index (χ4n) is 4.40. The van der Waals surface area contributed by atoms with Crippen molar-refractivity contribution < 1.29 is 14.2 Å². The molecule has 1 aromatic rings. The number of fused-ring (bicyclic) bond motifs is 3. The molecule has 0 aromatic carbocycles. The first-order valence-corrected chi connectivity index (χ1v) is 9.96. The van der Waals surface area contributed by atoms with E-state index in [0.29, 0.717) is 5.84 Å². The van der Waals surface area contributed by atoms with Crippen LogP contribution in [-0.4, -0.2) is 70.8 Å². The molecular weight excluding hydrogens is 344 g/mol. The highest BCUT2D eigenvalue weighted by Crippen LogP contribution is 2.28. The van der Waals surface area contributed by atoms with E-state index in [-0.39, 0.29) is 11.9 Å². The Bertz CT molecular complexity index is 790. The second-order valence-corrected chi connectivity index (χ2v) is 7.85. The van der Waals surface area contributed by atoms with Crippen LogP contribution in [0.25, 0.3) is 0 Å². The van der Waals surface area contributed by atoms with Crippen LogP contribution in [0.15, 0.2) is 11.2 Å². The van der Waals surface area contributed by atoms with Gasteiger partial charge in [0.05, 0.1) is 6.54 Å². The fourth-order valence-corrected chi connectivity index (χ4v) is 4.40. The van der Waals surface area contributed by atoms with Crippen LogP contribution in [0.4, 0.5) is 10.7 Å². The van der Waals surface area contributed by atoms with Crippen molar-refractivity contribution in [1.82, 2.24) is 19.3 Å². The van der Waals surface area contributed by atoms with Crippen LogP contribution in [0.5, 0.6) is 0 Å². The zero-order valence-electron chi connectivity index (χ0n) is 16.5. The van der Waals surface area contributed by atoms with E-state index in [1.165, 1.54) is 55.6 Å². The average Bonchev–Trinajstić information content (AvgIpc) is 3.02. The number of likely N-dealkylation sites (N-methyl/N-ethyl adjacent to an activating group) is 2. The van der Waals surface area contributed by atoms with Gasteiger partial charge in [-0.05, 0) is 39.3 Å². The Morgan fingerprint density at radius 1 is 1.07 bits per heavy atom. The van der Waals surface area contributed by atoms with Gasteiger partial charge < -0.3 is 4.90 Å². The van der Waals surface area contributed by atoms with Gasteiger partial charge in [-0.1, -0.05) is 17.8 Å². The molecule has 4 rings (SSSR count). The summed E-state index contributed by atoms with van der Waals surface area (Å²) in [5.41, 5.74) is 1.10. The summed E-state index contributed by atoms with van der Waals surface area (Å²) in [6, 6.07) is -0.858. The van der Waals surface area contributed by atoms with Gasteiger partial charge in [-0.3, -0.25) is 14.6 Å². The normalized spacial score (nSPS) is 23.4. The maximum absolute atomic E-state index is 12.7. The van der Waals surface area contributed by atoms with Gasteiger partial charge in [0.1, 0.15) is 11.9 Å². The minimum absolute atomic E-state index is 0.220. The Morgan fingerprint density at radius 2 is 1.78 bits per heavy atom. The van der Waals surface area contributed by atoms with Gasteiger partial charge in [0.2, 0.25) is 11.9 Å². The zero-order chi connectivity index (χ0) is 19.1. The molecule has 0 bridgehead atoms. The van der Waals surface area contributed by atoms with E-state index in [4.69, 9.17) is 0 Å². The number of nitrogens with zero attached hydrogens (tertiary/aromatic N) is 6. The molecule has 1 atom stereocenters. The minimum Gasteiger partial charge on any atom is -0.303 e. The summed E-state index contributed by atoms with van der Waals surface area (Å²) >= 11 is 0. The highest BCUT2D eigenvalue weighted by atomic mass is 16.2. The number of imide groups is 1. The van der Waals surface area contributed by atoms with Gasteiger partial charge in [-0.25, -0.2) is 13.9 Å². The third kappa shape index (κ3) is 3.05. The molecule has 2 fully saturated rings. The molecular formula is C19H29N6O2+. The van der Waals surface area contributed by atoms with Crippen LogP contribution < -0.4 is 4.57 Å². The van der Waals surface area contributed by atoms with E-state index in [0.717, 1.165) is 31.2 Å². The Kier molecular flexibility index (Phi) is 4.75. The Labute approximate surface area is 160 Å². The summed E-state index contributed by atoms with van der Waals surface area (Å²) in [7, 11) is 3.21. The molecule has 3 aliphatic heterocycles. The van der Waals surface area contributed by atoms with Crippen LogP contribution in [0.3, 0.4) is 0 Å². The highest BCUT2D eigenvalue weighted by Gasteiger charge is 2.52. The minimum atomic E-state index is -0.529. The highest BCUT2D eigenvalue weighted by molar-refractivity contribution is 6.18. The number of likely N-dealkylation sites (tertiary alicyclic amines) is 1. The van der Waals surface area contributed by atoms with Crippen LogP contribution >= 0.6 is 0 Å². The third-order valence-electron chi connectivity index (χ3n) is 6.00. The second kappa shape index (κ2) is 7.07. The summed E-state index contributed by atoms with van der Waals surface area (Å²) < 4.78 is 4.09. The lowest BCUT2D eigenvalue weighted by atomic mass is 10.2. The van der Waals surface area contributed by atoms with Crippen LogP contribution in [0, 0.1) is 6.92 Å². The molecule has 0 radical (unpaired) electrons. The molecule has 1 unspecified atom stereocenters. The predicted molar refractivity (Wildman–Crippen MR) is 101 cm³/mol. The SMILES string of the molecule is Cc1c[n+]2c(n1CCCN1CCCCCC1)N=C1C2C(=O)N(C)C(=O)N1C. The number of amides is 3. The number of aliphatic imine (C=N–C) groups is 1. The number of carbonyl (C=O) groups excluding carboxylic acids is 2. The molecule has 0 saturated carbocycles. The molecule has 0 N–H and O–H groups in total. The monoisotopic (exact) mass is 373 g/mol. The molecule has 0 aliphatic carbocycles. The van der Waals surface area contributed by atoms with Crippen molar-refractivity contribution in [2.75, 3.05) is 33.7 Å². The fraction of sp³-hybridized carbons (Fsp3) is 0.684. The topological polar surface area (TPSA) is 65.0 Å². The predicted octanol–water partition coefficient (Wildman–Crippen LogP) is 1.46. The van der Waals surface area contributed by atoms with Crippen molar-refractivity contribution in [3.8, 4) is 0 Å². The summed E-state index contributed by atoms with van der Waals surface area (Å²) in [5.74, 6) is 1.08. The van der Waals surface area contributed by atoms with Gasteiger partial charge in [0.25, 0.3) is 5.91 Å². The Hall–Kier alpha value is -2.22. The zero-order valence-corrected chi connectivity index (χ0v) is 16.5. The van der Waals surface area contributed by atoms with E-state index in [2.05, 4.69) is 21.4 Å². The van der Waals surface area contributed by atoms with Crippen LogP contribution in [-0.2, 0) is 11.3 Å². The van der Waals surface area contributed by atoms with E-state index in [9.17, 15) is 9.59 Å². The molecule has 0 spiro atoms. The van der Waals surface area contributed by atoms with Gasteiger partial charge >= 0.3 is 12.0 Å². The third-order valence-corrected chi connectivity index (χ3v) is 6.00. The molecule has 146 valence electrons. The van der Waals surface area contributed by atoms with Gasteiger partial charge in [-0.15, -0.1) is 0 Å². The molecule has 2 saturated heterocycles. The summed E-state index contributed by atoms with van der Waals surface area (Å²) in [6.45, 7) is 6.43. The number of imidazole rings is 1. The molecule has 3 amide bonds. The number of aryl methyl sites for hydroxylation is 1. The van der Waals surface area contributed by atoms with Crippen LogP contribution in [0.1, 0.15) is 43.8 Å². The second-order valence-electron chi connectivity index (χ2n) is 7.85. The maximum Gasteiger partial charge on any atom is 0.401 e. The molecule has 27 heavy (non-hydrogen) atoms. The van der Waals surface area contributed by atoms with E-state index in [1.54, 1.807) is 7.05 Å². The van der Waals surface area contributed by atoms with Gasteiger partial charge in [-0.2, -0.15) is 0 Å². The van der Waals surface area contributed by atoms with Crippen LogP contribution in [0.2, 0.25) is 0 Å². The Morgan fingerprint density at radius 3 is 2.48 bits per heavy atom. The van der Waals surface area contributed by atoms with Crippen molar-refractivity contribution >= 4 is 23.7 Å². The molecule has 4 heterocycles. The smallest absolute Gasteiger partial charge is 0.303 e. The van der Waals surface area contributed by atoms with Gasteiger partial charge in [0, 0.05) is 20.6 Å². The van der Waals surface area contributed by atoms with E-state index in [1.807, 2.05) is 10.8 Å². The molecule has 3 aliphatic rings. The van der Waals surface area contributed by atoms with Crippen molar-refractivity contribution in [2.45, 2.75) is 51.6 Å². The van der Waals surface area contributed by atoms with E-state index >= 15 is 0 Å². The lowest BCUT2D eigenvalue weighted by molar-refractivity contribution is -0.677. The number of amidine groups is 1. The number of hydrogen-bond donors (Lipinski definition) is 0. The van der Waals surface area contributed by atoms with Crippen molar-refractivity contribution in [2.24, 2.45) is 4.99 Å². The first-order valence-electron chi connectivity index (χ1n) is 9.96. The van der Waals surface area contributed by atoms with Crippen molar-refractivity contribution in [3.05, 3.63) is 11.9 Å². The summed E-state index contributed by atoms with van der Waals surface area (Å²) in [5, 5.41) is 0. The number of rotatable bonds is 4. The summed E-state index contributed by atoms with van der Waals surface area (Å²) in [6.07, 6.45) is 8.35. The lowest BCUT2D eigenvalue weighted by Crippen LogP contribution is -2.61. The maximum atomic E-state index is 12.7.